The average molecular weight is 123 g/mol. The van der Waals surface area contributed by atoms with Crippen molar-refractivity contribution in [2.24, 2.45) is 5.92 Å². The van der Waals surface area contributed by atoms with Gasteiger partial charge in [0, 0.05) is 18.4 Å². The predicted molar refractivity (Wildman–Crippen MR) is 39.8 cm³/mol. The molecule has 1 atom stereocenters. The smallest absolute Gasteiger partial charge is 0.0282 e. The highest BCUT2D eigenvalue weighted by Crippen LogP contribution is 2.14. The lowest BCUT2D eigenvalue weighted by molar-refractivity contribution is 0.461. The highest BCUT2D eigenvalue weighted by molar-refractivity contribution is 5.05. The molecule has 0 amide bonds. The molecule has 1 aliphatic rings. The number of allylic oxidation sites excluding steroid dienone is 1. The molecular formula is C8H13N. The third kappa shape index (κ3) is 1.35. The van der Waals surface area contributed by atoms with Crippen LogP contribution < -0.4 is 0 Å². The molecule has 1 unspecified atom stereocenters. The molecule has 0 saturated carbocycles. The second-order valence-corrected chi connectivity index (χ2v) is 2.71. The summed E-state index contributed by atoms with van der Waals surface area (Å²) in [6, 6.07) is 0. The number of hydrogen-bond donors (Lipinski definition) is 0. The van der Waals surface area contributed by atoms with Crippen LogP contribution in [0.25, 0.3) is 0 Å². The fraction of sp³-hybridized carbons (Fsp3) is 0.500. The second-order valence-electron chi connectivity index (χ2n) is 2.71. The first-order chi connectivity index (χ1) is 4.20. The van der Waals surface area contributed by atoms with Crippen LogP contribution in [0.5, 0.6) is 0 Å². The molecule has 1 heteroatoms. The third-order valence-corrected chi connectivity index (χ3v) is 1.57. The van der Waals surface area contributed by atoms with Crippen molar-refractivity contribution in [3.8, 4) is 0 Å². The molecule has 1 heterocycles. The molecule has 0 saturated heterocycles. The highest BCUT2D eigenvalue weighted by atomic mass is 15.1. The summed E-state index contributed by atoms with van der Waals surface area (Å²) in [5.41, 5.74) is 1.13. The van der Waals surface area contributed by atoms with Gasteiger partial charge in [-0.25, -0.2) is 0 Å². The first-order valence-corrected chi connectivity index (χ1v) is 3.30. The summed E-state index contributed by atoms with van der Waals surface area (Å²) in [6.07, 6.45) is 4.31. The van der Waals surface area contributed by atoms with E-state index in [2.05, 4.69) is 30.7 Å². The Kier molecular flexibility index (Phi) is 1.60. The van der Waals surface area contributed by atoms with Crippen LogP contribution in [0.3, 0.4) is 0 Å². The minimum atomic E-state index is 0.696. The van der Waals surface area contributed by atoms with E-state index in [1.165, 1.54) is 0 Å². The average Bonchev–Trinajstić information content (AvgIpc) is 2.14. The van der Waals surface area contributed by atoms with E-state index >= 15 is 0 Å². The Morgan fingerprint density at radius 1 is 1.78 bits per heavy atom. The van der Waals surface area contributed by atoms with Gasteiger partial charge < -0.3 is 4.90 Å². The Hall–Kier alpha value is -0.720. The minimum absolute atomic E-state index is 0.696. The van der Waals surface area contributed by atoms with Gasteiger partial charge in [-0.05, 0) is 12.8 Å². The van der Waals surface area contributed by atoms with E-state index in [9.17, 15) is 0 Å². The Morgan fingerprint density at radius 3 is 2.67 bits per heavy atom. The summed E-state index contributed by atoms with van der Waals surface area (Å²) in [5, 5.41) is 0. The molecule has 9 heavy (non-hydrogen) atoms. The van der Waals surface area contributed by atoms with Gasteiger partial charge >= 0.3 is 0 Å². The summed E-state index contributed by atoms with van der Waals surface area (Å²) in [7, 11) is 0. The van der Waals surface area contributed by atoms with Crippen LogP contribution in [0, 0.1) is 5.92 Å². The summed E-state index contributed by atoms with van der Waals surface area (Å²) in [6.45, 7) is 9.19. The lowest BCUT2D eigenvalue weighted by Gasteiger charge is -2.15. The summed E-state index contributed by atoms with van der Waals surface area (Å²) in [5.74, 6) is 0.696. The summed E-state index contributed by atoms with van der Waals surface area (Å²) in [4.78, 5) is 2.17. The fourth-order valence-corrected chi connectivity index (χ4v) is 0.966. The van der Waals surface area contributed by atoms with Gasteiger partial charge in [-0.1, -0.05) is 19.6 Å². The number of nitrogens with zero attached hydrogens (tertiary/aromatic N) is 1. The Morgan fingerprint density at radius 2 is 2.44 bits per heavy atom. The van der Waals surface area contributed by atoms with Gasteiger partial charge in [0.25, 0.3) is 0 Å². The van der Waals surface area contributed by atoms with Crippen molar-refractivity contribution in [3.05, 3.63) is 24.6 Å². The van der Waals surface area contributed by atoms with Crippen molar-refractivity contribution >= 4 is 0 Å². The zero-order valence-corrected chi connectivity index (χ0v) is 6.09. The molecule has 0 aliphatic carbocycles. The maximum atomic E-state index is 3.85. The highest BCUT2D eigenvalue weighted by Gasteiger charge is 2.10. The van der Waals surface area contributed by atoms with E-state index in [-0.39, 0.29) is 0 Å². The zero-order valence-electron chi connectivity index (χ0n) is 6.09. The van der Waals surface area contributed by atoms with Crippen LogP contribution in [0.4, 0.5) is 0 Å². The maximum Gasteiger partial charge on any atom is 0.0282 e. The van der Waals surface area contributed by atoms with Crippen LogP contribution in [0.1, 0.15) is 13.8 Å². The fourth-order valence-electron chi connectivity index (χ4n) is 0.966. The molecule has 0 radical (unpaired) electrons. The van der Waals surface area contributed by atoms with Crippen molar-refractivity contribution in [1.29, 1.82) is 0 Å². The molecular weight excluding hydrogens is 110 g/mol. The second kappa shape index (κ2) is 2.26. The van der Waals surface area contributed by atoms with Crippen LogP contribution in [-0.2, 0) is 0 Å². The first kappa shape index (κ1) is 6.40. The van der Waals surface area contributed by atoms with E-state index in [4.69, 9.17) is 0 Å². The van der Waals surface area contributed by atoms with Crippen LogP contribution in [0.15, 0.2) is 24.6 Å². The molecule has 0 aromatic heterocycles. The number of rotatable bonds is 1. The van der Waals surface area contributed by atoms with E-state index in [0.29, 0.717) is 5.92 Å². The molecule has 1 rings (SSSR count). The third-order valence-electron chi connectivity index (χ3n) is 1.57. The normalized spacial score (nSPS) is 25.1. The van der Waals surface area contributed by atoms with Gasteiger partial charge in [0.15, 0.2) is 0 Å². The lowest BCUT2D eigenvalue weighted by Crippen LogP contribution is -2.13. The van der Waals surface area contributed by atoms with E-state index in [1.807, 2.05) is 6.92 Å². The lowest BCUT2D eigenvalue weighted by atomic mass is 10.2. The largest absolute Gasteiger partial charge is 0.352 e. The van der Waals surface area contributed by atoms with Gasteiger partial charge in [0.05, 0.1) is 0 Å². The monoisotopic (exact) mass is 123 g/mol. The van der Waals surface area contributed by atoms with E-state index in [1.54, 1.807) is 0 Å². The summed E-state index contributed by atoms with van der Waals surface area (Å²) < 4.78 is 0. The van der Waals surface area contributed by atoms with Gasteiger partial charge in [-0.3, -0.25) is 0 Å². The molecule has 1 aliphatic heterocycles. The van der Waals surface area contributed by atoms with Crippen molar-refractivity contribution in [2.75, 3.05) is 6.54 Å². The van der Waals surface area contributed by atoms with Gasteiger partial charge in [-0.15, -0.1) is 0 Å². The molecule has 0 N–H and O–H groups in total. The maximum absolute atomic E-state index is 3.85. The Balaban J connectivity index is 2.50. The van der Waals surface area contributed by atoms with E-state index < -0.39 is 0 Å². The zero-order chi connectivity index (χ0) is 6.85. The van der Waals surface area contributed by atoms with Crippen molar-refractivity contribution < 1.29 is 0 Å². The van der Waals surface area contributed by atoms with Crippen LogP contribution in [-0.4, -0.2) is 11.4 Å². The van der Waals surface area contributed by atoms with Crippen LogP contribution in [0.2, 0.25) is 0 Å². The number of hydrogen-bond acceptors (Lipinski definition) is 1. The standard InChI is InChI=1S/C8H13N/c1-7(2)9-5-4-8(3)6-9/h4-5,8H,1,6H2,2-3H3. The van der Waals surface area contributed by atoms with E-state index in [0.717, 1.165) is 12.2 Å². The minimum Gasteiger partial charge on any atom is -0.352 e. The molecule has 0 spiro atoms. The summed E-state index contributed by atoms with van der Waals surface area (Å²) >= 11 is 0. The van der Waals surface area contributed by atoms with Gasteiger partial charge in [0.2, 0.25) is 0 Å². The van der Waals surface area contributed by atoms with Crippen molar-refractivity contribution in [1.82, 2.24) is 4.90 Å². The van der Waals surface area contributed by atoms with Gasteiger partial charge in [-0.2, -0.15) is 0 Å². The molecule has 1 nitrogen and oxygen atoms in total. The van der Waals surface area contributed by atoms with Gasteiger partial charge in [0.1, 0.15) is 0 Å². The molecule has 0 aromatic rings. The Bertz CT molecular complexity index is 147. The Labute approximate surface area is 56.7 Å². The molecule has 0 aromatic carbocycles. The quantitative estimate of drug-likeness (QED) is 0.515. The molecule has 50 valence electrons. The van der Waals surface area contributed by atoms with Crippen molar-refractivity contribution in [2.45, 2.75) is 13.8 Å². The predicted octanol–water partition coefficient (Wildman–Crippen LogP) is 1.99. The first-order valence-electron chi connectivity index (χ1n) is 3.30. The van der Waals surface area contributed by atoms with Crippen molar-refractivity contribution in [3.63, 3.8) is 0 Å². The topological polar surface area (TPSA) is 3.24 Å². The molecule has 0 fully saturated rings. The molecule has 0 bridgehead atoms. The SMILES string of the molecule is C=C(C)N1C=CC(C)C1. The van der Waals surface area contributed by atoms with Crippen LogP contribution >= 0.6 is 0 Å².